The molecule has 1 aliphatic heterocycles. The van der Waals surface area contributed by atoms with Crippen LogP contribution in [0.5, 0.6) is 0 Å². The molecule has 2 unspecified atom stereocenters. The maximum absolute atomic E-state index is 12.2. The maximum Gasteiger partial charge on any atom is 0.226 e. The van der Waals surface area contributed by atoms with E-state index >= 15 is 0 Å². The molecule has 0 aromatic rings. The molecule has 0 spiro atoms. The predicted molar refractivity (Wildman–Crippen MR) is 65.6 cm³/mol. The highest BCUT2D eigenvalue weighted by Gasteiger charge is 2.57. The summed E-state index contributed by atoms with van der Waals surface area (Å²) >= 11 is 0. The summed E-state index contributed by atoms with van der Waals surface area (Å²) in [5.74, 6) is 2.41. The van der Waals surface area contributed by atoms with Crippen molar-refractivity contribution in [2.24, 2.45) is 17.8 Å². The Hall–Kier alpha value is -0.280. The Labute approximate surface area is 103 Å². The highest BCUT2D eigenvalue weighted by molar-refractivity contribution is 5.85. The van der Waals surface area contributed by atoms with Crippen LogP contribution in [0.15, 0.2) is 0 Å². The molecule has 4 heteroatoms. The molecule has 3 nitrogen and oxygen atoms in total. The van der Waals surface area contributed by atoms with Gasteiger partial charge in [0.15, 0.2) is 0 Å². The number of nitrogens with zero attached hydrogens (tertiary/aromatic N) is 1. The van der Waals surface area contributed by atoms with Gasteiger partial charge in [0.2, 0.25) is 5.91 Å². The van der Waals surface area contributed by atoms with Crippen LogP contribution in [0.4, 0.5) is 0 Å². The van der Waals surface area contributed by atoms with Gasteiger partial charge in [0.25, 0.3) is 0 Å². The van der Waals surface area contributed by atoms with Gasteiger partial charge in [-0.15, -0.1) is 12.4 Å². The van der Waals surface area contributed by atoms with Crippen LogP contribution in [-0.2, 0) is 4.79 Å². The second kappa shape index (κ2) is 4.53. The number of hydrogen-bond donors (Lipinski definition) is 1. The van der Waals surface area contributed by atoms with Crippen LogP contribution in [0.25, 0.3) is 0 Å². The zero-order valence-corrected chi connectivity index (χ0v) is 10.6. The van der Waals surface area contributed by atoms with Gasteiger partial charge >= 0.3 is 0 Å². The van der Waals surface area contributed by atoms with Crippen molar-refractivity contribution in [3.05, 3.63) is 0 Å². The summed E-state index contributed by atoms with van der Waals surface area (Å²) in [6.07, 6.45) is 3.97. The molecule has 1 saturated heterocycles. The van der Waals surface area contributed by atoms with Crippen LogP contribution in [0.2, 0.25) is 0 Å². The van der Waals surface area contributed by atoms with Crippen LogP contribution in [0.3, 0.4) is 0 Å². The second-order valence-electron chi connectivity index (χ2n) is 5.42. The summed E-state index contributed by atoms with van der Waals surface area (Å²) < 4.78 is 0. The Morgan fingerprint density at radius 3 is 2.62 bits per heavy atom. The van der Waals surface area contributed by atoms with Gasteiger partial charge < -0.3 is 10.2 Å². The number of rotatable bonds is 1. The van der Waals surface area contributed by atoms with E-state index in [9.17, 15) is 4.79 Å². The summed E-state index contributed by atoms with van der Waals surface area (Å²) in [5, 5.41) is 3.38. The largest absolute Gasteiger partial charge is 0.340 e. The standard InChI is InChI=1S/C12H20N2O.ClH/c1-8-7-14(6-5-13-8)12(15)11-9-3-2-4-10(9)11;/h8-11,13H,2-7H2,1H3;1H/t8-,9?,10?,11?;/m1./s1. The smallest absolute Gasteiger partial charge is 0.226 e. The normalized spacial score (nSPS) is 41.2. The van der Waals surface area contributed by atoms with Crippen molar-refractivity contribution in [3.63, 3.8) is 0 Å². The molecule has 1 N–H and O–H groups in total. The zero-order chi connectivity index (χ0) is 10.4. The van der Waals surface area contributed by atoms with Crippen LogP contribution < -0.4 is 5.32 Å². The first kappa shape index (κ1) is 12.2. The minimum absolute atomic E-state index is 0. The number of carbonyl (C=O) groups excluding carboxylic acids is 1. The molecule has 3 fully saturated rings. The maximum atomic E-state index is 12.2. The first-order valence-electron chi connectivity index (χ1n) is 6.29. The van der Waals surface area contributed by atoms with E-state index in [2.05, 4.69) is 17.1 Å². The van der Waals surface area contributed by atoms with Crippen molar-refractivity contribution >= 4 is 18.3 Å². The van der Waals surface area contributed by atoms with Crippen LogP contribution in [-0.4, -0.2) is 36.5 Å². The minimum atomic E-state index is 0. The highest BCUT2D eigenvalue weighted by Crippen LogP contribution is 2.58. The van der Waals surface area contributed by atoms with Crippen molar-refractivity contribution in [1.29, 1.82) is 0 Å². The SMILES string of the molecule is C[C@@H]1CN(C(=O)C2C3CCCC32)CCN1.Cl. The molecule has 3 rings (SSSR count). The summed E-state index contributed by atoms with van der Waals surface area (Å²) in [6, 6.07) is 0.473. The molecule has 0 aromatic heterocycles. The van der Waals surface area contributed by atoms with Gasteiger partial charge in [-0.2, -0.15) is 0 Å². The van der Waals surface area contributed by atoms with Crippen molar-refractivity contribution < 1.29 is 4.79 Å². The predicted octanol–water partition coefficient (Wildman–Crippen LogP) is 1.27. The third-order valence-electron chi connectivity index (χ3n) is 4.37. The summed E-state index contributed by atoms with van der Waals surface area (Å²) in [4.78, 5) is 14.3. The molecule has 92 valence electrons. The average molecular weight is 245 g/mol. The van der Waals surface area contributed by atoms with E-state index in [0.717, 1.165) is 31.5 Å². The number of hydrogen-bond acceptors (Lipinski definition) is 2. The molecule has 1 heterocycles. The molecule has 2 saturated carbocycles. The lowest BCUT2D eigenvalue weighted by atomic mass is 10.1. The third kappa shape index (κ3) is 1.95. The zero-order valence-electron chi connectivity index (χ0n) is 9.82. The molecule has 0 bridgehead atoms. The molecule has 16 heavy (non-hydrogen) atoms. The van der Waals surface area contributed by atoms with Gasteiger partial charge in [0.05, 0.1) is 0 Å². The Morgan fingerprint density at radius 1 is 1.31 bits per heavy atom. The summed E-state index contributed by atoms with van der Waals surface area (Å²) in [5.41, 5.74) is 0. The minimum Gasteiger partial charge on any atom is -0.340 e. The van der Waals surface area contributed by atoms with Gasteiger partial charge in [0.1, 0.15) is 0 Å². The first-order chi connectivity index (χ1) is 7.27. The van der Waals surface area contributed by atoms with Gasteiger partial charge in [-0.25, -0.2) is 0 Å². The van der Waals surface area contributed by atoms with Crippen LogP contribution in [0, 0.1) is 17.8 Å². The monoisotopic (exact) mass is 244 g/mol. The molecule has 0 radical (unpaired) electrons. The Morgan fingerprint density at radius 2 is 2.00 bits per heavy atom. The van der Waals surface area contributed by atoms with E-state index < -0.39 is 0 Å². The number of fused-ring (bicyclic) bond motifs is 1. The van der Waals surface area contributed by atoms with Gasteiger partial charge in [-0.1, -0.05) is 6.42 Å². The lowest BCUT2D eigenvalue weighted by molar-refractivity contribution is -0.134. The molecule has 3 atom stereocenters. The quantitative estimate of drug-likeness (QED) is 0.754. The van der Waals surface area contributed by atoms with E-state index in [4.69, 9.17) is 0 Å². The average Bonchev–Trinajstić information content (AvgIpc) is 2.70. The topological polar surface area (TPSA) is 32.3 Å². The molecule has 1 amide bonds. The van der Waals surface area contributed by atoms with E-state index in [1.807, 2.05) is 0 Å². The highest BCUT2D eigenvalue weighted by atomic mass is 35.5. The molecule has 2 aliphatic carbocycles. The first-order valence-corrected chi connectivity index (χ1v) is 6.29. The Bertz CT molecular complexity index is 274. The number of amides is 1. The van der Waals surface area contributed by atoms with Crippen LogP contribution >= 0.6 is 12.4 Å². The molecular weight excluding hydrogens is 224 g/mol. The van der Waals surface area contributed by atoms with E-state index in [-0.39, 0.29) is 12.4 Å². The summed E-state index contributed by atoms with van der Waals surface area (Å²) in [6.45, 7) is 4.95. The van der Waals surface area contributed by atoms with E-state index in [1.165, 1.54) is 19.3 Å². The lowest BCUT2D eigenvalue weighted by Gasteiger charge is -2.32. The molecular formula is C12H21ClN2O. The van der Waals surface area contributed by atoms with Crippen molar-refractivity contribution in [2.45, 2.75) is 32.2 Å². The van der Waals surface area contributed by atoms with Crippen LogP contribution in [0.1, 0.15) is 26.2 Å². The number of halogens is 1. The fourth-order valence-electron chi connectivity index (χ4n) is 3.53. The number of piperazine rings is 1. The van der Waals surface area contributed by atoms with Crippen molar-refractivity contribution in [3.8, 4) is 0 Å². The van der Waals surface area contributed by atoms with E-state index in [1.54, 1.807) is 0 Å². The second-order valence-corrected chi connectivity index (χ2v) is 5.42. The number of carbonyl (C=O) groups is 1. The lowest BCUT2D eigenvalue weighted by Crippen LogP contribution is -2.52. The van der Waals surface area contributed by atoms with Gasteiger partial charge in [-0.3, -0.25) is 4.79 Å². The third-order valence-corrected chi connectivity index (χ3v) is 4.37. The van der Waals surface area contributed by atoms with Gasteiger partial charge in [-0.05, 0) is 31.6 Å². The molecule has 3 aliphatic rings. The Balaban J connectivity index is 0.000000963. The van der Waals surface area contributed by atoms with E-state index in [0.29, 0.717) is 17.9 Å². The van der Waals surface area contributed by atoms with Crippen molar-refractivity contribution in [2.75, 3.05) is 19.6 Å². The molecule has 0 aromatic carbocycles. The van der Waals surface area contributed by atoms with Crippen molar-refractivity contribution in [1.82, 2.24) is 10.2 Å². The summed E-state index contributed by atoms with van der Waals surface area (Å²) in [7, 11) is 0. The fourth-order valence-corrected chi connectivity index (χ4v) is 3.53. The fraction of sp³-hybridized carbons (Fsp3) is 0.917. The Kier molecular flexibility index (Phi) is 3.45. The van der Waals surface area contributed by atoms with Gasteiger partial charge in [0, 0.05) is 31.6 Å². The number of nitrogens with one attached hydrogen (secondary N) is 1.